The van der Waals surface area contributed by atoms with Gasteiger partial charge in [0.05, 0.1) is 18.3 Å². The van der Waals surface area contributed by atoms with Crippen molar-refractivity contribution in [3.8, 4) is 0 Å². The number of likely N-dealkylation sites (tertiary alicyclic amines) is 1. The summed E-state index contributed by atoms with van der Waals surface area (Å²) in [7, 11) is 1.38. The highest BCUT2D eigenvalue weighted by Gasteiger charge is 2.55. The van der Waals surface area contributed by atoms with Crippen LogP contribution >= 0.6 is 11.6 Å². The second-order valence-electron chi connectivity index (χ2n) is 15.3. The maximum Gasteiger partial charge on any atom is 0.289 e. The number of nitrogens with zero attached hydrogens (tertiary/aromatic N) is 2. The summed E-state index contributed by atoms with van der Waals surface area (Å²) in [4.78, 5) is 75.1. The predicted octanol–water partition coefficient (Wildman–Crippen LogP) is 4.30. The Hall–Kier alpha value is -3.47. The Bertz CT molecular complexity index is 1430. The molecule has 4 amide bonds. The van der Waals surface area contributed by atoms with Crippen LogP contribution in [-0.4, -0.2) is 77.3 Å². The molecule has 2 aliphatic heterocycles. The molecule has 5 rings (SSSR count). The molecule has 2 heterocycles. The van der Waals surface area contributed by atoms with Crippen LogP contribution in [0.1, 0.15) is 103 Å². The van der Waals surface area contributed by atoms with E-state index in [1.165, 1.54) is 18.4 Å². The third kappa shape index (κ3) is 8.39. The molecule has 0 aromatic heterocycles. The van der Waals surface area contributed by atoms with Gasteiger partial charge in [-0.1, -0.05) is 88.2 Å². The minimum atomic E-state index is -1.02. The van der Waals surface area contributed by atoms with E-state index in [1.54, 1.807) is 12.1 Å². The number of carbonyl (C=O) groups excluding carboxylic acids is 5. The number of nitrogens with one attached hydrogen (secondary N) is 3. The standard InChI is InChI=1S/C36H50ClN5O6/c1-35(2,3)31(40-29(43)17-23-10-6-5-7-11-23)34(47)42-21-36(19-27(41-48-36)24-14-9-15-25(37)18-24)20-28(42)32(45)39-26(16-22-12-8-13-22)30(44)33(46)38-4/h9,14-15,18,22-23,26,28,31H,5-8,10-13,16-17,19-21H2,1-4H3,(H,38,46)(H,39,45)(H,40,43)/t26?,28-,31+,36+/m0/s1. The Morgan fingerprint density at radius 2 is 1.73 bits per heavy atom. The van der Waals surface area contributed by atoms with Crippen molar-refractivity contribution >= 4 is 46.7 Å². The summed E-state index contributed by atoms with van der Waals surface area (Å²) in [6.45, 7) is 5.72. The number of benzene rings is 1. The van der Waals surface area contributed by atoms with Gasteiger partial charge in [-0.25, -0.2) is 0 Å². The highest BCUT2D eigenvalue weighted by atomic mass is 35.5. The van der Waals surface area contributed by atoms with E-state index in [9.17, 15) is 24.0 Å². The fraction of sp³-hybridized carbons (Fsp3) is 0.667. The molecule has 0 bridgehead atoms. The molecular formula is C36H50ClN5O6. The van der Waals surface area contributed by atoms with Crippen LogP contribution in [0.5, 0.6) is 0 Å². The van der Waals surface area contributed by atoms with Crippen molar-refractivity contribution in [3.05, 3.63) is 34.9 Å². The van der Waals surface area contributed by atoms with E-state index in [-0.39, 0.29) is 24.8 Å². The molecule has 48 heavy (non-hydrogen) atoms. The van der Waals surface area contributed by atoms with E-state index in [1.807, 2.05) is 32.9 Å². The van der Waals surface area contributed by atoms with Crippen LogP contribution in [0.4, 0.5) is 0 Å². The molecule has 1 saturated heterocycles. The number of likely N-dealkylation sites (N-methyl/N-ethyl adjacent to an activating group) is 1. The molecule has 3 fully saturated rings. The van der Waals surface area contributed by atoms with Gasteiger partial charge in [-0.15, -0.1) is 0 Å². The molecule has 1 spiro atoms. The van der Waals surface area contributed by atoms with Gasteiger partial charge in [-0.3, -0.25) is 24.0 Å². The number of oxime groups is 1. The SMILES string of the molecule is CNC(=O)C(=O)C(CC1CCC1)NC(=O)[C@@H]1C[C@]2(CC(c3cccc(Cl)c3)=NO2)CN1C(=O)[C@@H](NC(=O)CC1CCCCC1)C(C)(C)C. The molecule has 1 aromatic carbocycles. The summed E-state index contributed by atoms with van der Waals surface area (Å²) in [5.74, 6) is -2.08. The largest absolute Gasteiger partial charge is 0.387 e. The van der Waals surface area contributed by atoms with Gasteiger partial charge in [0.1, 0.15) is 12.1 Å². The van der Waals surface area contributed by atoms with Gasteiger partial charge < -0.3 is 25.7 Å². The third-order valence-electron chi connectivity index (χ3n) is 10.5. The topological polar surface area (TPSA) is 146 Å². The Balaban J connectivity index is 1.40. The first-order valence-corrected chi connectivity index (χ1v) is 17.8. The average Bonchev–Trinajstić information content (AvgIpc) is 3.63. The molecule has 4 atom stereocenters. The van der Waals surface area contributed by atoms with Crippen molar-refractivity contribution in [2.45, 2.75) is 122 Å². The van der Waals surface area contributed by atoms with Crippen molar-refractivity contribution in [2.24, 2.45) is 22.4 Å². The van der Waals surface area contributed by atoms with E-state index in [0.717, 1.165) is 50.5 Å². The second kappa shape index (κ2) is 15.0. The lowest BCUT2D eigenvalue weighted by molar-refractivity contribution is -0.145. The van der Waals surface area contributed by atoms with Crippen molar-refractivity contribution < 1.29 is 28.8 Å². The van der Waals surface area contributed by atoms with Gasteiger partial charge in [0.15, 0.2) is 5.60 Å². The zero-order valence-electron chi connectivity index (χ0n) is 28.6. The molecule has 0 radical (unpaired) electrons. The molecule has 12 heteroatoms. The molecule has 2 saturated carbocycles. The van der Waals surface area contributed by atoms with Crippen LogP contribution in [0.2, 0.25) is 5.02 Å². The van der Waals surface area contributed by atoms with Gasteiger partial charge in [0.25, 0.3) is 5.91 Å². The molecule has 4 aliphatic rings. The lowest BCUT2D eigenvalue weighted by atomic mass is 9.80. The molecule has 1 unspecified atom stereocenters. The minimum absolute atomic E-state index is 0.0548. The molecule has 262 valence electrons. The summed E-state index contributed by atoms with van der Waals surface area (Å²) in [6.07, 6.45) is 9.46. The first kappa shape index (κ1) is 35.8. The van der Waals surface area contributed by atoms with E-state index >= 15 is 0 Å². The van der Waals surface area contributed by atoms with Crippen molar-refractivity contribution in [1.29, 1.82) is 0 Å². The first-order chi connectivity index (χ1) is 22.8. The van der Waals surface area contributed by atoms with E-state index in [4.69, 9.17) is 16.4 Å². The highest BCUT2D eigenvalue weighted by Crippen LogP contribution is 2.40. The maximum atomic E-state index is 14.6. The summed E-state index contributed by atoms with van der Waals surface area (Å²) >= 11 is 6.25. The Morgan fingerprint density at radius 1 is 1.02 bits per heavy atom. The number of rotatable bonds is 11. The summed E-state index contributed by atoms with van der Waals surface area (Å²) in [5, 5.41) is 13.2. The van der Waals surface area contributed by atoms with Crippen molar-refractivity contribution in [2.75, 3.05) is 13.6 Å². The van der Waals surface area contributed by atoms with Gasteiger partial charge in [0, 0.05) is 36.9 Å². The van der Waals surface area contributed by atoms with E-state index in [0.29, 0.717) is 35.9 Å². The van der Waals surface area contributed by atoms with Gasteiger partial charge in [-0.2, -0.15) is 0 Å². The number of hydrogen-bond donors (Lipinski definition) is 3. The lowest BCUT2D eigenvalue weighted by Crippen LogP contribution is -2.59. The first-order valence-electron chi connectivity index (χ1n) is 17.5. The smallest absolute Gasteiger partial charge is 0.289 e. The molecule has 3 N–H and O–H groups in total. The Kier molecular flexibility index (Phi) is 11.2. The predicted molar refractivity (Wildman–Crippen MR) is 182 cm³/mol. The molecule has 2 aliphatic carbocycles. The summed E-state index contributed by atoms with van der Waals surface area (Å²) in [5.41, 5.74) is -0.240. The average molecular weight is 684 g/mol. The number of hydrogen-bond acceptors (Lipinski definition) is 7. The normalized spacial score (nSPS) is 24.2. The molecular weight excluding hydrogens is 634 g/mol. The van der Waals surface area contributed by atoms with Gasteiger partial charge in [0.2, 0.25) is 23.5 Å². The van der Waals surface area contributed by atoms with Gasteiger partial charge in [-0.05, 0) is 48.6 Å². The van der Waals surface area contributed by atoms with Crippen LogP contribution in [0, 0.1) is 17.3 Å². The summed E-state index contributed by atoms with van der Waals surface area (Å²) < 4.78 is 0. The lowest BCUT2D eigenvalue weighted by Gasteiger charge is -2.36. The Morgan fingerprint density at radius 3 is 2.35 bits per heavy atom. The quantitative estimate of drug-likeness (QED) is 0.297. The number of ketones is 1. The number of Topliss-reactive ketones (excluding diaryl/α,β-unsaturated/α-hetero) is 1. The van der Waals surface area contributed by atoms with Gasteiger partial charge >= 0.3 is 0 Å². The van der Waals surface area contributed by atoms with Crippen LogP contribution in [0.25, 0.3) is 0 Å². The van der Waals surface area contributed by atoms with Crippen LogP contribution in [0.3, 0.4) is 0 Å². The second-order valence-corrected chi connectivity index (χ2v) is 15.7. The number of amides is 4. The third-order valence-corrected chi connectivity index (χ3v) is 10.7. The fourth-order valence-corrected chi connectivity index (χ4v) is 7.67. The minimum Gasteiger partial charge on any atom is -0.387 e. The number of carbonyl (C=O) groups is 5. The summed E-state index contributed by atoms with van der Waals surface area (Å²) in [6, 6.07) is 4.30. The molecule has 11 nitrogen and oxygen atoms in total. The van der Waals surface area contributed by atoms with Crippen LogP contribution in [-0.2, 0) is 28.8 Å². The zero-order valence-corrected chi connectivity index (χ0v) is 29.4. The van der Waals surface area contributed by atoms with Crippen LogP contribution < -0.4 is 16.0 Å². The van der Waals surface area contributed by atoms with Crippen molar-refractivity contribution in [1.82, 2.24) is 20.9 Å². The maximum absolute atomic E-state index is 14.6. The Labute approximate surface area is 288 Å². The highest BCUT2D eigenvalue weighted by molar-refractivity contribution is 6.38. The van der Waals surface area contributed by atoms with Crippen LogP contribution in [0.15, 0.2) is 29.4 Å². The zero-order chi connectivity index (χ0) is 34.6. The number of halogens is 1. The van der Waals surface area contributed by atoms with E-state index < -0.39 is 52.6 Å². The monoisotopic (exact) mass is 683 g/mol. The molecule has 1 aromatic rings. The van der Waals surface area contributed by atoms with E-state index in [2.05, 4.69) is 21.1 Å². The van der Waals surface area contributed by atoms with Crippen molar-refractivity contribution in [3.63, 3.8) is 0 Å². The fourth-order valence-electron chi connectivity index (χ4n) is 7.48.